The van der Waals surface area contributed by atoms with Gasteiger partial charge in [0.2, 0.25) is 0 Å². The topological polar surface area (TPSA) is 87.7 Å². The number of ether oxygens (including phenoxy) is 1. The van der Waals surface area contributed by atoms with E-state index in [-0.39, 0.29) is 18.9 Å². The number of hydrogen-bond donors (Lipinski definition) is 3. The molecule has 2 atom stereocenters. The van der Waals surface area contributed by atoms with Crippen molar-refractivity contribution in [1.82, 2.24) is 10.6 Å². The van der Waals surface area contributed by atoms with Crippen LogP contribution in [-0.2, 0) is 9.53 Å². The van der Waals surface area contributed by atoms with Crippen molar-refractivity contribution < 1.29 is 19.4 Å². The number of terminal acetylenes is 1. The zero-order valence-corrected chi connectivity index (χ0v) is 10.5. The number of carbonyl (C=O) groups is 2. The minimum Gasteiger partial charge on any atom is -0.479 e. The van der Waals surface area contributed by atoms with Crippen LogP contribution in [0.4, 0.5) is 4.79 Å². The molecule has 0 aliphatic carbocycles. The first-order chi connectivity index (χ1) is 8.41. The molecule has 1 saturated heterocycles. The Bertz CT molecular complexity index is 367. The van der Waals surface area contributed by atoms with E-state index in [1.165, 1.54) is 0 Å². The predicted octanol–water partition coefficient (Wildman–Crippen LogP) is 0.187. The fourth-order valence-corrected chi connectivity index (χ4v) is 1.68. The lowest BCUT2D eigenvalue weighted by atomic mass is 9.99. The summed E-state index contributed by atoms with van der Waals surface area (Å²) < 4.78 is 5.04. The first-order valence-electron chi connectivity index (χ1n) is 5.77. The molecule has 1 fully saturated rings. The van der Waals surface area contributed by atoms with Gasteiger partial charge in [0.15, 0.2) is 5.54 Å². The van der Waals surface area contributed by atoms with E-state index < -0.39 is 23.6 Å². The van der Waals surface area contributed by atoms with Gasteiger partial charge in [-0.05, 0) is 5.92 Å². The number of amides is 2. The number of carbonyl (C=O) groups excluding carboxylic acids is 1. The molecule has 0 bridgehead atoms. The smallest absolute Gasteiger partial charge is 0.332 e. The number of nitrogens with one attached hydrogen (secondary N) is 2. The first-order valence-corrected chi connectivity index (χ1v) is 5.77. The SMILES string of the molecule is C#CC(NC(=O)NC1(C(=O)O)CCOC1)C(C)C. The molecule has 2 unspecified atom stereocenters. The van der Waals surface area contributed by atoms with Gasteiger partial charge in [0.25, 0.3) is 0 Å². The third-order valence-electron chi connectivity index (χ3n) is 2.92. The van der Waals surface area contributed by atoms with Gasteiger partial charge in [-0.3, -0.25) is 0 Å². The fraction of sp³-hybridized carbons (Fsp3) is 0.667. The fourth-order valence-electron chi connectivity index (χ4n) is 1.68. The van der Waals surface area contributed by atoms with E-state index in [4.69, 9.17) is 16.3 Å². The molecule has 6 nitrogen and oxygen atoms in total. The van der Waals surface area contributed by atoms with Crippen LogP contribution in [0, 0.1) is 18.3 Å². The molecule has 3 N–H and O–H groups in total. The number of aliphatic carboxylic acids is 1. The van der Waals surface area contributed by atoms with E-state index in [1.807, 2.05) is 13.8 Å². The van der Waals surface area contributed by atoms with Crippen molar-refractivity contribution in [2.24, 2.45) is 5.92 Å². The van der Waals surface area contributed by atoms with Gasteiger partial charge >= 0.3 is 12.0 Å². The van der Waals surface area contributed by atoms with Crippen LogP contribution in [0.15, 0.2) is 0 Å². The Kier molecular flexibility index (Phi) is 4.56. The second kappa shape index (κ2) is 5.74. The quantitative estimate of drug-likeness (QED) is 0.625. The standard InChI is InChI=1S/C12H18N2O4/c1-4-9(8(2)3)13-11(17)14-12(10(15)16)5-6-18-7-12/h1,8-9H,5-7H2,2-3H3,(H,15,16)(H2,13,14,17). The van der Waals surface area contributed by atoms with Crippen molar-refractivity contribution in [2.75, 3.05) is 13.2 Å². The van der Waals surface area contributed by atoms with Crippen LogP contribution in [0.1, 0.15) is 20.3 Å². The molecule has 1 heterocycles. The van der Waals surface area contributed by atoms with E-state index in [0.29, 0.717) is 6.61 Å². The minimum atomic E-state index is -1.35. The number of urea groups is 1. The Morgan fingerprint density at radius 3 is 2.56 bits per heavy atom. The molecule has 0 aromatic heterocycles. The van der Waals surface area contributed by atoms with Gasteiger partial charge < -0.3 is 20.5 Å². The summed E-state index contributed by atoms with van der Waals surface area (Å²) in [5.41, 5.74) is -1.35. The van der Waals surface area contributed by atoms with Gasteiger partial charge in [-0.1, -0.05) is 19.8 Å². The number of hydrogen-bond acceptors (Lipinski definition) is 3. The molecule has 0 spiro atoms. The van der Waals surface area contributed by atoms with Crippen molar-refractivity contribution in [2.45, 2.75) is 31.8 Å². The van der Waals surface area contributed by atoms with Gasteiger partial charge in [0.1, 0.15) is 0 Å². The molecular formula is C12H18N2O4. The summed E-state index contributed by atoms with van der Waals surface area (Å²) in [7, 11) is 0. The molecule has 1 rings (SSSR count). The normalized spacial score (nSPS) is 24.3. The molecule has 18 heavy (non-hydrogen) atoms. The zero-order chi connectivity index (χ0) is 13.8. The van der Waals surface area contributed by atoms with Gasteiger partial charge in [-0.15, -0.1) is 6.42 Å². The summed E-state index contributed by atoms with van der Waals surface area (Å²) >= 11 is 0. The Balaban J connectivity index is 2.63. The Morgan fingerprint density at radius 1 is 1.50 bits per heavy atom. The van der Waals surface area contributed by atoms with E-state index in [2.05, 4.69) is 16.6 Å². The van der Waals surface area contributed by atoms with E-state index >= 15 is 0 Å². The monoisotopic (exact) mass is 254 g/mol. The maximum atomic E-state index is 11.7. The Labute approximate surface area is 106 Å². The lowest BCUT2D eigenvalue weighted by Gasteiger charge is -2.25. The van der Waals surface area contributed by atoms with Gasteiger partial charge in [0.05, 0.1) is 12.6 Å². The number of carboxylic acids is 1. The summed E-state index contributed by atoms with van der Waals surface area (Å²) in [6.45, 7) is 4.03. The average molecular weight is 254 g/mol. The zero-order valence-electron chi connectivity index (χ0n) is 10.5. The Hall–Kier alpha value is -1.74. The van der Waals surface area contributed by atoms with Crippen LogP contribution < -0.4 is 10.6 Å². The van der Waals surface area contributed by atoms with Gasteiger partial charge in [-0.25, -0.2) is 9.59 Å². The molecule has 1 aliphatic rings. The van der Waals surface area contributed by atoms with Crippen LogP contribution in [0.3, 0.4) is 0 Å². The maximum Gasteiger partial charge on any atom is 0.332 e. The largest absolute Gasteiger partial charge is 0.479 e. The lowest BCUT2D eigenvalue weighted by Crippen LogP contribution is -2.59. The van der Waals surface area contributed by atoms with Crippen molar-refractivity contribution in [3.05, 3.63) is 0 Å². The summed E-state index contributed by atoms with van der Waals surface area (Å²) in [5, 5.41) is 14.2. The van der Waals surface area contributed by atoms with Gasteiger partial charge in [0, 0.05) is 13.0 Å². The number of carboxylic acid groups (broad SMARTS) is 1. The Morgan fingerprint density at radius 2 is 2.17 bits per heavy atom. The van der Waals surface area contributed by atoms with Crippen LogP contribution in [0.5, 0.6) is 0 Å². The molecule has 0 aromatic carbocycles. The summed E-state index contributed by atoms with van der Waals surface area (Å²) in [4.78, 5) is 22.9. The number of rotatable bonds is 4. The third kappa shape index (κ3) is 3.14. The van der Waals surface area contributed by atoms with E-state index in [1.54, 1.807) is 0 Å². The second-order valence-electron chi connectivity index (χ2n) is 4.68. The first kappa shape index (κ1) is 14.3. The molecule has 0 radical (unpaired) electrons. The van der Waals surface area contributed by atoms with E-state index in [9.17, 15) is 9.59 Å². The minimum absolute atomic E-state index is 0.0296. The highest BCUT2D eigenvalue weighted by Crippen LogP contribution is 2.18. The molecule has 2 amide bonds. The third-order valence-corrected chi connectivity index (χ3v) is 2.92. The summed E-state index contributed by atoms with van der Waals surface area (Å²) in [6.07, 6.45) is 5.54. The highest BCUT2D eigenvalue weighted by Gasteiger charge is 2.44. The van der Waals surface area contributed by atoms with Crippen molar-refractivity contribution >= 4 is 12.0 Å². The molecule has 6 heteroatoms. The van der Waals surface area contributed by atoms with Crippen LogP contribution >= 0.6 is 0 Å². The molecular weight excluding hydrogens is 236 g/mol. The predicted molar refractivity (Wildman–Crippen MR) is 64.9 cm³/mol. The van der Waals surface area contributed by atoms with Crippen molar-refractivity contribution in [3.8, 4) is 12.3 Å². The summed E-state index contributed by atoms with van der Waals surface area (Å²) in [6, 6.07) is -1.02. The molecule has 0 aromatic rings. The van der Waals surface area contributed by atoms with Gasteiger partial charge in [-0.2, -0.15) is 0 Å². The van der Waals surface area contributed by atoms with Crippen LogP contribution in [-0.4, -0.2) is 41.9 Å². The van der Waals surface area contributed by atoms with E-state index in [0.717, 1.165) is 0 Å². The highest BCUT2D eigenvalue weighted by atomic mass is 16.5. The van der Waals surface area contributed by atoms with Crippen LogP contribution in [0.2, 0.25) is 0 Å². The van der Waals surface area contributed by atoms with Crippen LogP contribution in [0.25, 0.3) is 0 Å². The molecule has 0 saturated carbocycles. The highest BCUT2D eigenvalue weighted by molar-refractivity contribution is 5.87. The molecule has 100 valence electrons. The lowest BCUT2D eigenvalue weighted by molar-refractivity contribution is -0.144. The second-order valence-corrected chi connectivity index (χ2v) is 4.68. The summed E-state index contributed by atoms with van der Waals surface area (Å²) in [5.74, 6) is 1.42. The maximum absolute atomic E-state index is 11.7. The van der Waals surface area contributed by atoms with Crippen molar-refractivity contribution in [3.63, 3.8) is 0 Å². The molecule has 1 aliphatic heterocycles. The average Bonchev–Trinajstić information content (AvgIpc) is 2.75. The van der Waals surface area contributed by atoms with Crippen molar-refractivity contribution in [1.29, 1.82) is 0 Å².